The molecule has 4 heteroatoms. The van der Waals surface area contributed by atoms with E-state index in [0.29, 0.717) is 18.9 Å². The molecule has 0 radical (unpaired) electrons. The number of ether oxygens (including phenoxy) is 1. The summed E-state index contributed by atoms with van der Waals surface area (Å²) >= 11 is 0. The Bertz CT molecular complexity index is 461. The lowest BCUT2D eigenvalue weighted by molar-refractivity contribution is -0.137. The first-order valence-electron chi connectivity index (χ1n) is 7.69. The summed E-state index contributed by atoms with van der Waals surface area (Å²) in [6.45, 7) is 3.69. The van der Waals surface area contributed by atoms with Crippen molar-refractivity contribution in [2.45, 2.75) is 38.8 Å². The predicted octanol–water partition coefficient (Wildman–Crippen LogP) is 2.91. The van der Waals surface area contributed by atoms with Gasteiger partial charge >= 0.3 is 5.97 Å². The number of likely N-dealkylation sites (tertiary alicyclic amines) is 1. The Balaban J connectivity index is 1.91. The minimum atomic E-state index is -0.683. The molecule has 1 aromatic rings. The number of piperidine rings is 1. The van der Waals surface area contributed by atoms with E-state index < -0.39 is 5.97 Å². The highest BCUT2D eigenvalue weighted by molar-refractivity contribution is 5.66. The van der Waals surface area contributed by atoms with Gasteiger partial charge in [0.15, 0.2) is 0 Å². The fraction of sp³-hybridized carbons (Fsp3) is 0.588. The van der Waals surface area contributed by atoms with Crippen molar-refractivity contribution in [3.8, 4) is 0 Å². The lowest BCUT2D eigenvalue weighted by Crippen LogP contribution is -2.35. The lowest BCUT2D eigenvalue weighted by atomic mass is 9.93. The van der Waals surface area contributed by atoms with E-state index in [0.717, 1.165) is 38.9 Å². The topological polar surface area (TPSA) is 49.8 Å². The van der Waals surface area contributed by atoms with Gasteiger partial charge in [0.05, 0.1) is 6.61 Å². The number of methoxy groups -OCH3 is 1. The normalized spacial score (nSPS) is 19.6. The molecule has 2 rings (SSSR count). The van der Waals surface area contributed by atoms with Gasteiger partial charge in [-0.2, -0.15) is 0 Å². The van der Waals surface area contributed by atoms with Gasteiger partial charge in [0.1, 0.15) is 0 Å². The molecule has 1 aliphatic heterocycles. The van der Waals surface area contributed by atoms with Crippen LogP contribution in [0.2, 0.25) is 0 Å². The first-order chi connectivity index (χ1) is 10.2. The molecule has 1 atom stereocenters. The SMILES string of the molecule is COCc1ccccc1CN1CCCC(CCC(=O)O)C1. The summed E-state index contributed by atoms with van der Waals surface area (Å²) < 4.78 is 5.26. The Labute approximate surface area is 126 Å². The zero-order valence-corrected chi connectivity index (χ0v) is 12.8. The molecule has 1 fully saturated rings. The van der Waals surface area contributed by atoms with Crippen molar-refractivity contribution >= 4 is 5.97 Å². The molecule has 4 nitrogen and oxygen atoms in total. The minimum absolute atomic E-state index is 0.290. The van der Waals surface area contributed by atoms with Gasteiger partial charge in [-0.1, -0.05) is 24.3 Å². The highest BCUT2D eigenvalue weighted by atomic mass is 16.5. The molecular weight excluding hydrogens is 266 g/mol. The molecule has 1 aromatic carbocycles. The number of benzene rings is 1. The summed E-state index contributed by atoms with van der Waals surface area (Å²) in [5.41, 5.74) is 2.56. The highest BCUT2D eigenvalue weighted by Crippen LogP contribution is 2.23. The van der Waals surface area contributed by atoms with Crippen LogP contribution in [0.15, 0.2) is 24.3 Å². The Morgan fingerprint density at radius 1 is 1.38 bits per heavy atom. The Morgan fingerprint density at radius 2 is 2.14 bits per heavy atom. The largest absolute Gasteiger partial charge is 0.481 e. The first kappa shape index (κ1) is 16.0. The molecule has 0 saturated carbocycles. The van der Waals surface area contributed by atoms with E-state index in [1.165, 1.54) is 11.1 Å². The van der Waals surface area contributed by atoms with Gasteiger partial charge in [0.25, 0.3) is 0 Å². The van der Waals surface area contributed by atoms with E-state index in [1.807, 2.05) is 6.07 Å². The molecule has 1 aliphatic rings. The Kier molecular flexibility index (Phi) is 6.21. The molecule has 0 aromatic heterocycles. The molecule has 116 valence electrons. The third kappa shape index (κ3) is 5.14. The molecule has 1 saturated heterocycles. The molecule has 0 amide bonds. The first-order valence-corrected chi connectivity index (χ1v) is 7.69. The third-order valence-electron chi connectivity index (χ3n) is 4.18. The molecule has 0 aliphatic carbocycles. The van der Waals surface area contributed by atoms with Crippen LogP contribution in [0.1, 0.15) is 36.8 Å². The van der Waals surface area contributed by atoms with Crippen molar-refractivity contribution in [3.63, 3.8) is 0 Å². The second-order valence-electron chi connectivity index (χ2n) is 5.88. The van der Waals surface area contributed by atoms with E-state index >= 15 is 0 Å². The summed E-state index contributed by atoms with van der Waals surface area (Å²) in [6.07, 6.45) is 3.41. The van der Waals surface area contributed by atoms with Crippen LogP contribution in [-0.2, 0) is 22.7 Å². The van der Waals surface area contributed by atoms with Crippen LogP contribution in [0, 0.1) is 5.92 Å². The maximum Gasteiger partial charge on any atom is 0.303 e. The standard InChI is InChI=1S/C17H25NO3/c1-21-13-16-7-3-2-6-15(16)12-18-10-4-5-14(11-18)8-9-17(19)20/h2-3,6-7,14H,4-5,8-13H2,1H3,(H,19,20). The van der Waals surface area contributed by atoms with E-state index in [9.17, 15) is 4.79 Å². The maximum absolute atomic E-state index is 10.7. The number of carbonyl (C=O) groups is 1. The average molecular weight is 291 g/mol. The number of aliphatic carboxylic acids is 1. The van der Waals surface area contributed by atoms with Gasteiger partial charge < -0.3 is 9.84 Å². The van der Waals surface area contributed by atoms with Crippen LogP contribution in [0.3, 0.4) is 0 Å². The molecular formula is C17H25NO3. The second kappa shape index (κ2) is 8.15. The second-order valence-corrected chi connectivity index (χ2v) is 5.88. The van der Waals surface area contributed by atoms with Gasteiger partial charge in [-0.15, -0.1) is 0 Å². The highest BCUT2D eigenvalue weighted by Gasteiger charge is 2.21. The number of hydrogen-bond donors (Lipinski definition) is 1. The van der Waals surface area contributed by atoms with Crippen LogP contribution < -0.4 is 0 Å². The summed E-state index contributed by atoms with van der Waals surface area (Å²) in [5.74, 6) is -0.165. The van der Waals surface area contributed by atoms with Crippen LogP contribution in [-0.4, -0.2) is 36.2 Å². The van der Waals surface area contributed by atoms with E-state index in [1.54, 1.807) is 7.11 Å². The van der Waals surface area contributed by atoms with Crippen LogP contribution in [0.4, 0.5) is 0 Å². The molecule has 0 spiro atoms. The number of carboxylic acids is 1. The van der Waals surface area contributed by atoms with E-state index in [4.69, 9.17) is 9.84 Å². The van der Waals surface area contributed by atoms with Crippen molar-refractivity contribution in [3.05, 3.63) is 35.4 Å². The summed E-state index contributed by atoms with van der Waals surface area (Å²) in [7, 11) is 1.72. The quantitative estimate of drug-likeness (QED) is 0.839. The monoisotopic (exact) mass is 291 g/mol. The van der Waals surface area contributed by atoms with Crippen LogP contribution >= 0.6 is 0 Å². The maximum atomic E-state index is 10.7. The van der Waals surface area contributed by atoms with E-state index in [2.05, 4.69) is 23.1 Å². The fourth-order valence-electron chi connectivity index (χ4n) is 3.11. The van der Waals surface area contributed by atoms with Crippen LogP contribution in [0.5, 0.6) is 0 Å². The Morgan fingerprint density at radius 3 is 2.86 bits per heavy atom. The third-order valence-corrected chi connectivity index (χ3v) is 4.18. The minimum Gasteiger partial charge on any atom is -0.481 e. The number of rotatable bonds is 7. The summed E-state index contributed by atoms with van der Waals surface area (Å²) in [6, 6.07) is 8.39. The van der Waals surface area contributed by atoms with Gasteiger partial charge in [-0.05, 0) is 42.9 Å². The molecule has 1 heterocycles. The van der Waals surface area contributed by atoms with Gasteiger partial charge in [0.2, 0.25) is 0 Å². The number of carboxylic acid groups (broad SMARTS) is 1. The fourth-order valence-corrected chi connectivity index (χ4v) is 3.11. The van der Waals surface area contributed by atoms with Crippen molar-refractivity contribution in [2.24, 2.45) is 5.92 Å². The van der Waals surface area contributed by atoms with Crippen molar-refractivity contribution in [1.82, 2.24) is 4.90 Å². The molecule has 21 heavy (non-hydrogen) atoms. The average Bonchev–Trinajstić information content (AvgIpc) is 2.48. The molecule has 1 N–H and O–H groups in total. The van der Waals surface area contributed by atoms with Crippen molar-refractivity contribution in [1.29, 1.82) is 0 Å². The van der Waals surface area contributed by atoms with Gasteiger partial charge in [-0.25, -0.2) is 0 Å². The van der Waals surface area contributed by atoms with Gasteiger partial charge in [0, 0.05) is 26.6 Å². The zero-order valence-electron chi connectivity index (χ0n) is 12.8. The van der Waals surface area contributed by atoms with Crippen molar-refractivity contribution in [2.75, 3.05) is 20.2 Å². The zero-order chi connectivity index (χ0) is 15.1. The summed E-state index contributed by atoms with van der Waals surface area (Å²) in [5, 5.41) is 8.81. The lowest BCUT2D eigenvalue weighted by Gasteiger charge is -2.33. The predicted molar refractivity (Wildman–Crippen MR) is 82.0 cm³/mol. The van der Waals surface area contributed by atoms with Crippen LogP contribution in [0.25, 0.3) is 0 Å². The molecule has 0 bridgehead atoms. The van der Waals surface area contributed by atoms with Gasteiger partial charge in [-0.3, -0.25) is 9.69 Å². The van der Waals surface area contributed by atoms with Crippen molar-refractivity contribution < 1.29 is 14.6 Å². The summed E-state index contributed by atoms with van der Waals surface area (Å²) in [4.78, 5) is 13.2. The molecule has 1 unspecified atom stereocenters. The van der Waals surface area contributed by atoms with E-state index in [-0.39, 0.29) is 0 Å². The Hall–Kier alpha value is -1.39. The smallest absolute Gasteiger partial charge is 0.303 e. The number of hydrogen-bond acceptors (Lipinski definition) is 3. The number of nitrogens with zero attached hydrogens (tertiary/aromatic N) is 1.